The number of nitrogens with two attached hydrogens (primary N) is 1. The molecule has 108 valence electrons. The highest BCUT2D eigenvalue weighted by Crippen LogP contribution is 2.18. The van der Waals surface area contributed by atoms with Crippen LogP contribution in [0.25, 0.3) is 0 Å². The summed E-state index contributed by atoms with van der Waals surface area (Å²) >= 11 is 1.63. The summed E-state index contributed by atoms with van der Waals surface area (Å²) in [5.41, 5.74) is 8.14. The van der Waals surface area contributed by atoms with Crippen LogP contribution in [-0.4, -0.2) is 24.0 Å². The molecule has 0 fully saturated rings. The van der Waals surface area contributed by atoms with Gasteiger partial charge in [0.1, 0.15) is 10.8 Å². The second kappa shape index (κ2) is 6.83. The van der Waals surface area contributed by atoms with E-state index in [-0.39, 0.29) is 6.04 Å². The fraction of sp³-hybridized carbons (Fsp3) is 0.400. The van der Waals surface area contributed by atoms with Crippen molar-refractivity contribution in [1.82, 2.24) is 9.88 Å². The van der Waals surface area contributed by atoms with Crippen molar-refractivity contribution in [3.05, 3.63) is 45.9 Å². The first-order chi connectivity index (χ1) is 9.58. The van der Waals surface area contributed by atoms with Crippen LogP contribution in [0.4, 0.5) is 0 Å². The largest absolute Gasteiger partial charge is 0.497 e. The average Bonchev–Trinajstić information content (AvgIpc) is 2.87. The van der Waals surface area contributed by atoms with Crippen molar-refractivity contribution >= 4 is 11.3 Å². The van der Waals surface area contributed by atoms with E-state index < -0.39 is 0 Å². The minimum atomic E-state index is 0.0115. The molecular formula is C15H21N3OS. The Kier molecular flexibility index (Phi) is 5.11. The Hall–Kier alpha value is -1.43. The van der Waals surface area contributed by atoms with Gasteiger partial charge in [0.15, 0.2) is 0 Å². The smallest absolute Gasteiger partial charge is 0.119 e. The molecular weight excluding hydrogens is 270 g/mol. The van der Waals surface area contributed by atoms with Gasteiger partial charge >= 0.3 is 0 Å². The number of thiazole rings is 1. The standard InChI is InChI=1S/C15H21N3OS/c1-11(16)15-17-13(10-20-15)9-18(2)8-12-5-4-6-14(7-12)19-3/h4-7,10-11H,8-9,16H2,1-3H3. The molecule has 1 atom stereocenters. The Bertz CT molecular complexity index is 554. The molecule has 4 nitrogen and oxygen atoms in total. The number of hydrogen-bond acceptors (Lipinski definition) is 5. The molecule has 0 saturated carbocycles. The molecule has 0 aliphatic rings. The van der Waals surface area contributed by atoms with Gasteiger partial charge in [-0.1, -0.05) is 12.1 Å². The van der Waals surface area contributed by atoms with Crippen molar-refractivity contribution < 1.29 is 4.74 Å². The van der Waals surface area contributed by atoms with Crippen molar-refractivity contribution in [2.75, 3.05) is 14.2 Å². The highest BCUT2D eigenvalue weighted by atomic mass is 32.1. The Morgan fingerprint density at radius 1 is 1.40 bits per heavy atom. The van der Waals surface area contributed by atoms with E-state index in [1.807, 2.05) is 19.1 Å². The van der Waals surface area contributed by atoms with Crippen LogP contribution in [-0.2, 0) is 13.1 Å². The summed E-state index contributed by atoms with van der Waals surface area (Å²) in [5, 5.41) is 3.08. The summed E-state index contributed by atoms with van der Waals surface area (Å²) in [6.07, 6.45) is 0. The Morgan fingerprint density at radius 2 is 2.20 bits per heavy atom. The number of benzene rings is 1. The molecule has 0 saturated heterocycles. The number of nitrogens with zero attached hydrogens (tertiary/aromatic N) is 2. The van der Waals surface area contributed by atoms with E-state index in [4.69, 9.17) is 10.5 Å². The molecule has 2 aromatic rings. The maximum Gasteiger partial charge on any atom is 0.119 e. The lowest BCUT2D eigenvalue weighted by atomic mass is 10.2. The van der Waals surface area contributed by atoms with Gasteiger partial charge in [-0.2, -0.15) is 0 Å². The zero-order chi connectivity index (χ0) is 14.5. The number of rotatable bonds is 6. The summed E-state index contributed by atoms with van der Waals surface area (Å²) < 4.78 is 5.24. The van der Waals surface area contributed by atoms with Gasteiger partial charge in [-0.25, -0.2) is 4.98 Å². The molecule has 0 bridgehead atoms. The first-order valence-electron chi connectivity index (χ1n) is 6.60. The van der Waals surface area contributed by atoms with Crippen LogP contribution < -0.4 is 10.5 Å². The van der Waals surface area contributed by atoms with Gasteiger partial charge in [0.05, 0.1) is 18.8 Å². The van der Waals surface area contributed by atoms with Gasteiger partial charge in [-0.3, -0.25) is 4.90 Å². The second-order valence-electron chi connectivity index (χ2n) is 4.99. The van der Waals surface area contributed by atoms with Gasteiger partial charge in [0.2, 0.25) is 0 Å². The van der Waals surface area contributed by atoms with Gasteiger partial charge in [-0.05, 0) is 31.7 Å². The molecule has 5 heteroatoms. The predicted octanol–water partition coefficient (Wildman–Crippen LogP) is 2.80. The maximum absolute atomic E-state index is 5.83. The van der Waals surface area contributed by atoms with E-state index in [9.17, 15) is 0 Å². The SMILES string of the molecule is COc1cccc(CN(C)Cc2csc(C(C)N)n2)c1. The van der Waals surface area contributed by atoms with E-state index in [2.05, 4.69) is 34.4 Å². The fourth-order valence-corrected chi connectivity index (χ4v) is 2.79. The van der Waals surface area contributed by atoms with Crippen LogP contribution in [0.1, 0.15) is 29.2 Å². The Morgan fingerprint density at radius 3 is 2.85 bits per heavy atom. The fourth-order valence-electron chi connectivity index (χ4n) is 2.02. The summed E-state index contributed by atoms with van der Waals surface area (Å²) in [4.78, 5) is 6.78. The highest BCUT2D eigenvalue weighted by molar-refractivity contribution is 7.09. The Balaban J connectivity index is 1.95. The van der Waals surface area contributed by atoms with Gasteiger partial charge in [-0.15, -0.1) is 11.3 Å². The van der Waals surface area contributed by atoms with Crippen LogP contribution in [0, 0.1) is 0 Å². The third-order valence-corrected chi connectivity index (χ3v) is 4.07. The summed E-state index contributed by atoms with van der Waals surface area (Å²) in [7, 11) is 3.78. The topological polar surface area (TPSA) is 51.4 Å². The van der Waals surface area contributed by atoms with Crippen molar-refractivity contribution in [1.29, 1.82) is 0 Å². The summed E-state index contributed by atoms with van der Waals surface area (Å²) in [5.74, 6) is 0.892. The van der Waals surface area contributed by atoms with Crippen molar-refractivity contribution in [2.24, 2.45) is 5.73 Å². The van der Waals surface area contributed by atoms with Crippen LogP contribution in [0.2, 0.25) is 0 Å². The average molecular weight is 291 g/mol. The predicted molar refractivity (Wildman–Crippen MR) is 82.9 cm³/mol. The normalized spacial score (nSPS) is 12.7. The quantitative estimate of drug-likeness (QED) is 0.889. The van der Waals surface area contributed by atoms with E-state index >= 15 is 0 Å². The molecule has 1 heterocycles. The lowest BCUT2D eigenvalue weighted by Crippen LogP contribution is -2.17. The highest BCUT2D eigenvalue weighted by Gasteiger charge is 2.08. The number of hydrogen-bond donors (Lipinski definition) is 1. The Labute approximate surface area is 124 Å². The first-order valence-corrected chi connectivity index (χ1v) is 7.48. The van der Waals surface area contributed by atoms with Crippen LogP contribution in [0.3, 0.4) is 0 Å². The van der Waals surface area contributed by atoms with Gasteiger partial charge in [0.25, 0.3) is 0 Å². The molecule has 1 aromatic carbocycles. The number of aromatic nitrogens is 1. The van der Waals surface area contributed by atoms with E-state index in [1.54, 1.807) is 18.4 Å². The minimum Gasteiger partial charge on any atom is -0.497 e. The van der Waals surface area contributed by atoms with E-state index in [0.717, 1.165) is 29.5 Å². The molecule has 2 rings (SSSR count). The summed E-state index contributed by atoms with van der Waals surface area (Å²) in [6, 6.07) is 8.15. The minimum absolute atomic E-state index is 0.0115. The lowest BCUT2D eigenvalue weighted by molar-refractivity contribution is 0.314. The third-order valence-electron chi connectivity index (χ3n) is 2.98. The molecule has 0 aliphatic carbocycles. The maximum atomic E-state index is 5.83. The monoisotopic (exact) mass is 291 g/mol. The first kappa shape index (κ1) is 15.0. The van der Waals surface area contributed by atoms with Crippen molar-refractivity contribution in [3.63, 3.8) is 0 Å². The zero-order valence-electron chi connectivity index (χ0n) is 12.2. The van der Waals surface area contributed by atoms with Gasteiger partial charge < -0.3 is 10.5 Å². The number of ether oxygens (including phenoxy) is 1. The molecule has 0 radical (unpaired) electrons. The molecule has 2 N–H and O–H groups in total. The van der Waals surface area contributed by atoms with Crippen molar-refractivity contribution in [2.45, 2.75) is 26.1 Å². The van der Waals surface area contributed by atoms with Crippen LogP contribution in [0.15, 0.2) is 29.6 Å². The lowest BCUT2D eigenvalue weighted by Gasteiger charge is -2.15. The molecule has 20 heavy (non-hydrogen) atoms. The molecule has 1 aromatic heterocycles. The molecule has 0 aliphatic heterocycles. The summed E-state index contributed by atoms with van der Waals surface area (Å²) in [6.45, 7) is 3.64. The van der Waals surface area contributed by atoms with Crippen molar-refractivity contribution in [3.8, 4) is 5.75 Å². The number of methoxy groups -OCH3 is 1. The third kappa shape index (κ3) is 4.03. The van der Waals surface area contributed by atoms with E-state index in [1.165, 1.54) is 5.56 Å². The van der Waals surface area contributed by atoms with E-state index in [0.29, 0.717) is 0 Å². The van der Waals surface area contributed by atoms with Crippen LogP contribution in [0.5, 0.6) is 5.75 Å². The second-order valence-corrected chi connectivity index (χ2v) is 5.88. The molecule has 0 spiro atoms. The molecule has 1 unspecified atom stereocenters. The molecule has 0 amide bonds. The van der Waals surface area contributed by atoms with Crippen LogP contribution >= 0.6 is 11.3 Å². The zero-order valence-corrected chi connectivity index (χ0v) is 13.0. The van der Waals surface area contributed by atoms with Gasteiger partial charge in [0, 0.05) is 18.5 Å².